The van der Waals surface area contributed by atoms with Gasteiger partial charge in [0, 0.05) is 5.75 Å². The van der Waals surface area contributed by atoms with E-state index in [-0.39, 0.29) is 0 Å². The van der Waals surface area contributed by atoms with E-state index in [1.54, 1.807) is 19.2 Å². The monoisotopic (exact) mass is 310 g/mol. The Morgan fingerprint density at radius 3 is 2.43 bits per heavy atom. The first kappa shape index (κ1) is 18.4. The molecule has 2 nitrogen and oxygen atoms in total. The Bertz CT molecular complexity index is 351. The maximum Gasteiger partial charge on any atom is 0.118 e. The Hall–Kier alpha value is -0.670. The van der Waals surface area contributed by atoms with Crippen LogP contribution in [0.1, 0.15) is 57.9 Å². The highest BCUT2D eigenvalue weighted by atomic mass is 32.2. The average Bonchev–Trinajstić information content (AvgIpc) is 2.53. The highest BCUT2D eigenvalue weighted by Crippen LogP contribution is 2.20. The molecule has 0 N–H and O–H groups in total. The molecule has 0 saturated carbocycles. The van der Waals surface area contributed by atoms with Crippen molar-refractivity contribution in [3.8, 4) is 5.75 Å². The van der Waals surface area contributed by atoms with Crippen LogP contribution >= 0.6 is 12.0 Å². The van der Waals surface area contributed by atoms with Crippen molar-refractivity contribution in [3.05, 3.63) is 29.8 Å². The predicted octanol–water partition coefficient (Wildman–Crippen LogP) is 5.86. The van der Waals surface area contributed by atoms with Crippen LogP contribution in [-0.4, -0.2) is 13.7 Å². The molecule has 21 heavy (non-hydrogen) atoms. The summed E-state index contributed by atoms with van der Waals surface area (Å²) >= 11 is 1.56. The third-order valence-corrected chi connectivity index (χ3v) is 4.66. The maximum atomic E-state index is 5.72. The third-order valence-electron chi connectivity index (χ3n) is 3.87. The Kier molecular flexibility index (Phi) is 10.4. The molecule has 0 bridgehead atoms. The Morgan fingerprint density at radius 1 is 1.05 bits per heavy atom. The molecule has 0 aliphatic rings. The summed E-state index contributed by atoms with van der Waals surface area (Å²) < 4.78 is 10.9. The summed E-state index contributed by atoms with van der Waals surface area (Å²) in [7, 11) is 1.69. The molecular formula is C18H30O2S. The molecule has 1 aromatic carbocycles. The van der Waals surface area contributed by atoms with Gasteiger partial charge in [-0.15, -0.1) is 0 Å². The number of hydrogen-bond donors (Lipinski definition) is 0. The third kappa shape index (κ3) is 8.37. The summed E-state index contributed by atoms with van der Waals surface area (Å²) in [5.74, 6) is 2.64. The van der Waals surface area contributed by atoms with Crippen molar-refractivity contribution in [1.29, 1.82) is 0 Å². The summed E-state index contributed by atoms with van der Waals surface area (Å²) in [5.41, 5.74) is 1.27. The molecule has 1 rings (SSSR count). The van der Waals surface area contributed by atoms with Gasteiger partial charge in [0.05, 0.1) is 13.7 Å². The van der Waals surface area contributed by atoms with Gasteiger partial charge >= 0.3 is 0 Å². The summed E-state index contributed by atoms with van der Waals surface area (Å²) in [5, 5.41) is 0. The molecule has 0 radical (unpaired) electrons. The van der Waals surface area contributed by atoms with E-state index in [1.807, 2.05) is 12.1 Å². The van der Waals surface area contributed by atoms with E-state index in [9.17, 15) is 0 Å². The van der Waals surface area contributed by atoms with Crippen LogP contribution in [0.3, 0.4) is 0 Å². The summed E-state index contributed by atoms with van der Waals surface area (Å²) in [6, 6.07) is 8.18. The minimum absolute atomic E-state index is 0.832. The van der Waals surface area contributed by atoms with Crippen molar-refractivity contribution >= 4 is 12.0 Å². The largest absolute Gasteiger partial charge is 0.497 e. The van der Waals surface area contributed by atoms with Gasteiger partial charge in [0.2, 0.25) is 0 Å². The van der Waals surface area contributed by atoms with Gasteiger partial charge in [0.25, 0.3) is 0 Å². The molecule has 0 fully saturated rings. The zero-order chi connectivity index (χ0) is 15.3. The first-order chi connectivity index (χ1) is 10.3. The molecule has 0 aromatic heterocycles. The van der Waals surface area contributed by atoms with Crippen molar-refractivity contribution in [3.63, 3.8) is 0 Å². The SMILES string of the molecule is CCCCCC(CC)CCOSCc1ccc(OC)cc1. The van der Waals surface area contributed by atoms with E-state index in [0.29, 0.717) is 0 Å². The minimum Gasteiger partial charge on any atom is -0.497 e. The van der Waals surface area contributed by atoms with Crippen LogP contribution in [0.5, 0.6) is 5.75 Å². The van der Waals surface area contributed by atoms with E-state index in [1.165, 1.54) is 44.1 Å². The van der Waals surface area contributed by atoms with Gasteiger partial charge < -0.3 is 8.92 Å². The number of rotatable bonds is 12. The van der Waals surface area contributed by atoms with Crippen molar-refractivity contribution in [2.45, 2.75) is 58.1 Å². The molecule has 1 aromatic rings. The molecule has 120 valence electrons. The van der Waals surface area contributed by atoms with Crippen LogP contribution in [0.2, 0.25) is 0 Å². The molecule has 3 heteroatoms. The van der Waals surface area contributed by atoms with E-state index >= 15 is 0 Å². The molecule has 1 unspecified atom stereocenters. The lowest BCUT2D eigenvalue weighted by atomic mass is 9.96. The Balaban J connectivity index is 2.09. The standard InChI is InChI=1S/C18H30O2S/c1-4-6-7-8-16(5-2)13-14-20-21-15-17-9-11-18(19-3)12-10-17/h9-12,16H,4-8,13-15H2,1-3H3. The van der Waals surface area contributed by atoms with Crippen LogP contribution in [0.15, 0.2) is 24.3 Å². The lowest BCUT2D eigenvalue weighted by Gasteiger charge is -2.14. The normalized spacial score (nSPS) is 12.3. The van der Waals surface area contributed by atoms with Crippen molar-refractivity contribution in [2.24, 2.45) is 5.92 Å². The smallest absolute Gasteiger partial charge is 0.118 e. The number of benzene rings is 1. The van der Waals surface area contributed by atoms with Gasteiger partial charge in [-0.25, -0.2) is 0 Å². The minimum atomic E-state index is 0.832. The van der Waals surface area contributed by atoms with Crippen LogP contribution < -0.4 is 4.74 Å². The highest BCUT2D eigenvalue weighted by Gasteiger charge is 2.06. The Morgan fingerprint density at radius 2 is 1.81 bits per heavy atom. The van der Waals surface area contributed by atoms with Gasteiger partial charge in [-0.1, -0.05) is 58.1 Å². The second kappa shape index (κ2) is 11.9. The van der Waals surface area contributed by atoms with Crippen LogP contribution in [0.25, 0.3) is 0 Å². The van der Waals surface area contributed by atoms with E-state index in [0.717, 1.165) is 24.0 Å². The van der Waals surface area contributed by atoms with Crippen LogP contribution in [0, 0.1) is 5.92 Å². The van der Waals surface area contributed by atoms with Crippen molar-refractivity contribution < 1.29 is 8.92 Å². The van der Waals surface area contributed by atoms with Gasteiger partial charge in [-0.2, -0.15) is 0 Å². The molecule has 0 spiro atoms. The van der Waals surface area contributed by atoms with Gasteiger partial charge in [-0.05, 0) is 42.1 Å². The fraction of sp³-hybridized carbons (Fsp3) is 0.667. The average molecular weight is 311 g/mol. The van der Waals surface area contributed by atoms with E-state index in [2.05, 4.69) is 26.0 Å². The maximum absolute atomic E-state index is 5.72. The molecule has 0 aliphatic heterocycles. The van der Waals surface area contributed by atoms with E-state index in [4.69, 9.17) is 8.92 Å². The number of unbranched alkanes of at least 4 members (excludes halogenated alkanes) is 2. The summed E-state index contributed by atoms with van der Waals surface area (Å²) in [6.07, 6.45) is 7.87. The van der Waals surface area contributed by atoms with Crippen LogP contribution in [-0.2, 0) is 9.94 Å². The zero-order valence-corrected chi connectivity index (χ0v) is 14.6. The first-order valence-corrected chi connectivity index (χ1v) is 9.08. The number of methoxy groups -OCH3 is 1. The summed E-state index contributed by atoms with van der Waals surface area (Å²) in [4.78, 5) is 0. The predicted molar refractivity (Wildman–Crippen MR) is 92.8 cm³/mol. The molecule has 1 atom stereocenters. The fourth-order valence-electron chi connectivity index (χ4n) is 2.34. The van der Waals surface area contributed by atoms with Gasteiger partial charge in [0.15, 0.2) is 0 Å². The second-order valence-corrected chi connectivity index (χ2v) is 6.25. The number of ether oxygens (including phenoxy) is 1. The van der Waals surface area contributed by atoms with Gasteiger partial charge in [-0.3, -0.25) is 0 Å². The highest BCUT2D eigenvalue weighted by molar-refractivity contribution is 7.93. The molecule has 0 heterocycles. The lowest BCUT2D eigenvalue weighted by molar-refractivity contribution is 0.300. The quantitative estimate of drug-likeness (QED) is 0.356. The lowest BCUT2D eigenvalue weighted by Crippen LogP contribution is -2.02. The topological polar surface area (TPSA) is 18.5 Å². The molecule has 0 aliphatic carbocycles. The first-order valence-electron chi connectivity index (χ1n) is 8.17. The summed E-state index contributed by atoms with van der Waals surface area (Å²) in [6.45, 7) is 5.42. The van der Waals surface area contributed by atoms with E-state index < -0.39 is 0 Å². The second-order valence-electron chi connectivity index (χ2n) is 5.49. The Labute approximate surface area is 134 Å². The zero-order valence-electron chi connectivity index (χ0n) is 13.8. The molecule has 0 amide bonds. The van der Waals surface area contributed by atoms with Crippen molar-refractivity contribution in [1.82, 2.24) is 0 Å². The number of hydrogen-bond acceptors (Lipinski definition) is 3. The van der Waals surface area contributed by atoms with Crippen LogP contribution in [0.4, 0.5) is 0 Å². The molecular weight excluding hydrogens is 280 g/mol. The van der Waals surface area contributed by atoms with Crippen molar-refractivity contribution in [2.75, 3.05) is 13.7 Å². The van der Waals surface area contributed by atoms with Gasteiger partial charge in [0.1, 0.15) is 5.75 Å². The molecule has 0 saturated heterocycles. The fourth-order valence-corrected chi connectivity index (χ4v) is 2.97.